The van der Waals surface area contributed by atoms with Gasteiger partial charge in [-0.05, 0) is 30.5 Å². The maximum atomic E-state index is 12.6. The van der Waals surface area contributed by atoms with Crippen molar-refractivity contribution in [2.45, 2.75) is 30.3 Å². The minimum absolute atomic E-state index is 0.0642. The number of nitrogens with zero attached hydrogens (tertiary/aromatic N) is 2. The number of thioether (sulfide) groups is 1. The maximum Gasteiger partial charge on any atom is 0.269 e. The average molecular weight is 342 g/mol. The molecule has 1 aliphatic rings. The van der Waals surface area contributed by atoms with E-state index in [0.717, 1.165) is 23.3 Å². The Labute approximate surface area is 144 Å². The van der Waals surface area contributed by atoms with Crippen molar-refractivity contribution in [1.29, 1.82) is 0 Å². The van der Waals surface area contributed by atoms with E-state index < -0.39 is 4.92 Å². The summed E-state index contributed by atoms with van der Waals surface area (Å²) in [6, 6.07) is 16.7. The van der Waals surface area contributed by atoms with Gasteiger partial charge >= 0.3 is 0 Å². The molecule has 24 heavy (non-hydrogen) atoms. The summed E-state index contributed by atoms with van der Waals surface area (Å²) in [4.78, 5) is 25.6. The number of rotatable bonds is 7. The molecule has 5 nitrogen and oxygen atoms in total. The Morgan fingerprint density at radius 3 is 2.38 bits per heavy atom. The third kappa shape index (κ3) is 4.35. The van der Waals surface area contributed by atoms with Gasteiger partial charge in [0.25, 0.3) is 5.69 Å². The molecule has 6 heteroatoms. The molecule has 1 aliphatic carbocycles. The Bertz CT molecular complexity index is 715. The summed E-state index contributed by atoms with van der Waals surface area (Å²) in [7, 11) is 0. The lowest BCUT2D eigenvalue weighted by Gasteiger charge is -2.22. The third-order valence-electron chi connectivity index (χ3n) is 3.91. The molecule has 2 aromatic carbocycles. The van der Waals surface area contributed by atoms with E-state index in [1.54, 1.807) is 12.1 Å². The monoisotopic (exact) mass is 342 g/mol. The second kappa shape index (κ2) is 7.49. The number of benzene rings is 2. The van der Waals surface area contributed by atoms with Crippen molar-refractivity contribution < 1.29 is 9.72 Å². The molecule has 0 atom stereocenters. The topological polar surface area (TPSA) is 63.4 Å². The highest BCUT2D eigenvalue weighted by Crippen LogP contribution is 2.30. The molecule has 0 saturated heterocycles. The van der Waals surface area contributed by atoms with E-state index in [1.165, 1.54) is 23.9 Å². The van der Waals surface area contributed by atoms with Gasteiger partial charge in [0.05, 0.1) is 10.7 Å². The van der Waals surface area contributed by atoms with E-state index >= 15 is 0 Å². The molecule has 0 radical (unpaired) electrons. The highest BCUT2D eigenvalue weighted by atomic mass is 32.2. The van der Waals surface area contributed by atoms with Crippen molar-refractivity contribution in [3.05, 3.63) is 70.3 Å². The lowest BCUT2D eigenvalue weighted by Crippen LogP contribution is -2.33. The van der Waals surface area contributed by atoms with Crippen molar-refractivity contribution in [2.24, 2.45) is 0 Å². The van der Waals surface area contributed by atoms with Gasteiger partial charge in [0.1, 0.15) is 0 Å². The molecule has 1 amide bonds. The van der Waals surface area contributed by atoms with Crippen LogP contribution in [0.3, 0.4) is 0 Å². The van der Waals surface area contributed by atoms with Gasteiger partial charge in [0, 0.05) is 29.6 Å². The van der Waals surface area contributed by atoms with Crippen LogP contribution in [0.5, 0.6) is 0 Å². The zero-order valence-corrected chi connectivity index (χ0v) is 13.9. The molecule has 0 aromatic heterocycles. The molecule has 0 bridgehead atoms. The predicted octanol–water partition coefficient (Wildman–Crippen LogP) is 3.88. The highest BCUT2D eigenvalue weighted by molar-refractivity contribution is 8.00. The molecule has 124 valence electrons. The van der Waals surface area contributed by atoms with Crippen LogP contribution in [0.25, 0.3) is 0 Å². The molecule has 1 saturated carbocycles. The molecule has 0 aliphatic heterocycles. The van der Waals surface area contributed by atoms with E-state index in [4.69, 9.17) is 0 Å². The predicted molar refractivity (Wildman–Crippen MR) is 93.8 cm³/mol. The summed E-state index contributed by atoms with van der Waals surface area (Å²) in [6.45, 7) is 0.644. The van der Waals surface area contributed by atoms with Crippen LogP contribution >= 0.6 is 11.8 Å². The Balaban J connectivity index is 1.58. The minimum Gasteiger partial charge on any atom is -0.335 e. The van der Waals surface area contributed by atoms with Crippen LogP contribution in [0, 0.1) is 10.1 Å². The number of nitro groups is 1. The summed E-state index contributed by atoms with van der Waals surface area (Å²) in [6.07, 6.45) is 2.14. The molecular weight excluding hydrogens is 324 g/mol. The second-order valence-electron chi connectivity index (χ2n) is 5.78. The molecule has 0 heterocycles. The molecule has 3 rings (SSSR count). The fourth-order valence-electron chi connectivity index (χ4n) is 2.48. The van der Waals surface area contributed by atoms with Gasteiger partial charge in [0.15, 0.2) is 0 Å². The number of carbonyl (C=O) groups is 1. The first-order valence-corrected chi connectivity index (χ1v) is 8.82. The van der Waals surface area contributed by atoms with Crippen molar-refractivity contribution in [2.75, 3.05) is 5.75 Å². The molecule has 1 fully saturated rings. The molecule has 0 unspecified atom stereocenters. The van der Waals surface area contributed by atoms with Gasteiger partial charge in [-0.1, -0.05) is 30.3 Å². The van der Waals surface area contributed by atoms with Gasteiger partial charge in [-0.2, -0.15) is 0 Å². The molecule has 2 aromatic rings. The number of carbonyl (C=O) groups excluding carboxylic acids is 1. The van der Waals surface area contributed by atoms with Gasteiger partial charge in [-0.3, -0.25) is 14.9 Å². The van der Waals surface area contributed by atoms with Crippen LogP contribution in [0.4, 0.5) is 5.69 Å². The Morgan fingerprint density at radius 2 is 1.79 bits per heavy atom. The highest BCUT2D eigenvalue weighted by Gasteiger charge is 2.32. The summed E-state index contributed by atoms with van der Waals surface area (Å²) in [5.74, 6) is 0.464. The van der Waals surface area contributed by atoms with Gasteiger partial charge in [0.2, 0.25) is 5.91 Å². The lowest BCUT2D eigenvalue weighted by molar-refractivity contribution is -0.384. The van der Waals surface area contributed by atoms with E-state index in [1.807, 2.05) is 35.2 Å². The fourth-order valence-corrected chi connectivity index (χ4v) is 3.26. The third-order valence-corrected chi connectivity index (χ3v) is 4.91. The summed E-state index contributed by atoms with van der Waals surface area (Å²) in [5.41, 5.74) is 1.20. The first-order valence-electron chi connectivity index (χ1n) is 7.84. The number of hydrogen-bond acceptors (Lipinski definition) is 4. The Morgan fingerprint density at radius 1 is 1.12 bits per heavy atom. The van der Waals surface area contributed by atoms with Crippen LogP contribution < -0.4 is 0 Å². The van der Waals surface area contributed by atoms with E-state index in [2.05, 4.69) is 0 Å². The maximum absolute atomic E-state index is 12.6. The normalized spacial score (nSPS) is 13.5. The van der Waals surface area contributed by atoms with Crippen LogP contribution in [-0.4, -0.2) is 27.5 Å². The number of nitro benzene ring substituents is 1. The number of amides is 1. The zero-order valence-electron chi connectivity index (χ0n) is 13.1. The second-order valence-corrected chi connectivity index (χ2v) is 6.83. The van der Waals surface area contributed by atoms with Gasteiger partial charge in [-0.25, -0.2) is 0 Å². The van der Waals surface area contributed by atoms with Crippen molar-refractivity contribution in [1.82, 2.24) is 4.90 Å². The number of non-ortho nitro benzene ring substituents is 1. The van der Waals surface area contributed by atoms with Gasteiger partial charge < -0.3 is 4.90 Å². The molecule has 0 N–H and O–H groups in total. The van der Waals surface area contributed by atoms with Crippen LogP contribution in [-0.2, 0) is 11.3 Å². The quantitative estimate of drug-likeness (QED) is 0.435. The van der Waals surface area contributed by atoms with Crippen molar-refractivity contribution >= 4 is 23.4 Å². The fraction of sp³-hybridized carbons (Fsp3) is 0.278. The summed E-state index contributed by atoms with van der Waals surface area (Å²) >= 11 is 1.42. The van der Waals surface area contributed by atoms with Crippen LogP contribution in [0.1, 0.15) is 18.4 Å². The van der Waals surface area contributed by atoms with E-state index in [-0.39, 0.29) is 11.6 Å². The van der Waals surface area contributed by atoms with Crippen molar-refractivity contribution in [3.63, 3.8) is 0 Å². The SMILES string of the molecule is O=C(CSc1ccc([N+](=O)[O-])cc1)N(Cc1ccccc1)C1CC1. The van der Waals surface area contributed by atoms with Crippen LogP contribution in [0.15, 0.2) is 59.5 Å². The van der Waals surface area contributed by atoms with E-state index in [0.29, 0.717) is 18.3 Å². The number of hydrogen-bond donors (Lipinski definition) is 0. The first kappa shape index (κ1) is 16.5. The van der Waals surface area contributed by atoms with E-state index in [9.17, 15) is 14.9 Å². The summed E-state index contributed by atoms with van der Waals surface area (Å²) in [5, 5.41) is 10.7. The average Bonchev–Trinajstić information content (AvgIpc) is 3.44. The van der Waals surface area contributed by atoms with Gasteiger partial charge in [-0.15, -0.1) is 11.8 Å². The first-order chi connectivity index (χ1) is 11.6. The minimum atomic E-state index is -0.422. The summed E-state index contributed by atoms with van der Waals surface area (Å²) < 4.78 is 0. The lowest BCUT2D eigenvalue weighted by atomic mass is 10.2. The van der Waals surface area contributed by atoms with Crippen molar-refractivity contribution in [3.8, 4) is 0 Å². The zero-order chi connectivity index (χ0) is 16.9. The largest absolute Gasteiger partial charge is 0.335 e. The Kier molecular flexibility index (Phi) is 5.15. The molecular formula is C18H18N2O3S. The Hall–Kier alpha value is -2.34. The standard InChI is InChI=1S/C18H18N2O3S/c21-18(13-24-17-10-8-16(9-11-17)20(22)23)19(15-6-7-15)12-14-4-2-1-3-5-14/h1-5,8-11,15H,6-7,12-13H2. The molecule has 0 spiro atoms. The van der Waals surface area contributed by atoms with Crippen LogP contribution in [0.2, 0.25) is 0 Å². The smallest absolute Gasteiger partial charge is 0.269 e.